The molecule has 0 aliphatic carbocycles. The van der Waals surface area contributed by atoms with Crippen LogP contribution in [0.25, 0.3) is 0 Å². The summed E-state index contributed by atoms with van der Waals surface area (Å²) >= 11 is 0. The molecule has 0 unspecified atom stereocenters. The van der Waals surface area contributed by atoms with Crippen LogP contribution in [-0.4, -0.2) is 58.4 Å². The molecule has 7 nitrogen and oxygen atoms in total. The lowest BCUT2D eigenvalue weighted by molar-refractivity contribution is -0.133. The summed E-state index contributed by atoms with van der Waals surface area (Å²) in [5, 5.41) is 0. The van der Waals surface area contributed by atoms with E-state index in [1.165, 1.54) is 19.2 Å². The van der Waals surface area contributed by atoms with E-state index in [1.54, 1.807) is 36.4 Å². The van der Waals surface area contributed by atoms with Crippen molar-refractivity contribution < 1.29 is 22.1 Å². The van der Waals surface area contributed by atoms with Crippen LogP contribution in [0, 0.1) is 5.41 Å². The Morgan fingerprint density at radius 2 is 1.47 bits per heavy atom. The zero-order valence-electron chi connectivity index (χ0n) is 19.8. The Balaban J connectivity index is 2.10. The summed E-state index contributed by atoms with van der Waals surface area (Å²) in [4.78, 5) is 16.8. The van der Waals surface area contributed by atoms with Gasteiger partial charge in [-0.05, 0) is 61.5 Å². The molecule has 0 bridgehead atoms. The monoisotopic (exact) mass is 462 g/mol. The van der Waals surface area contributed by atoms with Crippen molar-refractivity contribution in [2.24, 2.45) is 5.41 Å². The first kappa shape index (κ1) is 25.7. The fraction of sp³-hybridized carbons (Fsp3) is 0.458. The van der Waals surface area contributed by atoms with Crippen LogP contribution >= 0.6 is 0 Å². The minimum Gasteiger partial charge on any atom is -0.497 e. The van der Waals surface area contributed by atoms with Crippen LogP contribution in [0.4, 0.5) is 0 Å². The molecular formula is C24H34N2O5S. The van der Waals surface area contributed by atoms with Gasteiger partial charge in [-0.15, -0.1) is 0 Å². The van der Waals surface area contributed by atoms with Crippen molar-refractivity contribution in [2.75, 3.05) is 34.3 Å². The van der Waals surface area contributed by atoms with Crippen molar-refractivity contribution in [3.8, 4) is 11.5 Å². The first-order chi connectivity index (χ1) is 14.9. The molecule has 0 fully saturated rings. The van der Waals surface area contributed by atoms with E-state index in [9.17, 15) is 13.2 Å². The molecule has 1 amide bonds. The number of benzene rings is 2. The van der Waals surface area contributed by atoms with E-state index in [4.69, 9.17) is 8.92 Å². The van der Waals surface area contributed by atoms with Gasteiger partial charge in [0.15, 0.2) is 0 Å². The molecule has 0 aliphatic rings. The van der Waals surface area contributed by atoms with Crippen molar-refractivity contribution in [2.45, 2.75) is 38.6 Å². The molecular weight excluding hydrogens is 428 g/mol. The van der Waals surface area contributed by atoms with Crippen LogP contribution in [-0.2, 0) is 21.5 Å². The van der Waals surface area contributed by atoms with E-state index >= 15 is 0 Å². The smallest absolute Gasteiger partial charge is 0.339 e. The fourth-order valence-electron chi connectivity index (χ4n) is 2.97. The Kier molecular flexibility index (Phi) is 8.69. The van der Waals surface area contributed by atoms with Gasteiger partial charge in [0.1, 0.15) is 16.4 Å². The number of methoxy groups -OCH3 is 1. The van der Waals surface area contributed by atoms with Gasteiger partial charge in [-0.25, -0.2) is 0 Å². The minimum atomic E-state index is -3.95. The number of carbonyl (C=O) groups excluding carboxylic acids is 1. The van der Waals surface area contributed by atoms with Gasteiger partial charge in [0.25, 0.3) is 0 Å². The number of ether oxygens (including phenoxy) is 1. The van der Waals surface area contributed by atoms with E-state index in [-0.39, 0.29) is 22.0 Å². The van der Waals surface area contributed by atoms with Gasteiger partial charge < -0.3 is 18.7 Å². The number of carbonyl (C=O) groups is 1. The van der Waals surface area contributed by atoms with Crippen molar-refractivity contribution in [3.05, 3.63) is 54.1 Å². The number of rotatable bonds is 10. The summed E-state index contributed by atoms with van der Waals surface area (Å²) in [7, 11) is 1.51. The van der Waals surface area contributed by atoms with Crippen molar-refractivity contribution in [1.82, 2.24) is 9.80 Å². The molecule has 2 rings (SSSR count). The lowest BCUT2D eigenvalue weighted by Crippen LogP contribution is -2.37. The van der Waals surface area contributed by atoms with E-state index in [1.807, 2.05) is 44.7 Å². The molecule has 0 heterocycles. The molecule has 0 saturated carbocycles. The highest BCUT2D eigenvalue weighted by Gasteiger charge is 2.22. The average Bonchev–Trinajstić information content (AvgIpc) is 2.70. The van der Waals surface area contributed by atoms with Gasteiger partial charge in [-0.1, -0.05) is 32.9 Å². The number of likely N-dealkylation sites (N-methyl/N-ethyl adjacent to an activating group) is 1. The van der Waals surface area contributed by atoms with Crippen LogP contribution in [0.15, 0.2) is 53.4 Å². The SMILES string of the molecule is COc1ccc(S(=O)(=O)Oc2ccc(CN(CCN(C)C)C(=O)CC(C)(C)C)cc2)cc1. The molecule has 0 saturated heterocycles. The van der Waals surface area contributed by atoms with Gasteiger partial charge in [0.05, 0.1) is 7.11 Å². The molecule has 0 N–H and O–H groups in total. The third-order valence-corrected chi connectivity index (χ3v) is 5.96. The second-order valence-corrected chi connectivity index (χ2v) is 10.8. The summed E-state index contributed by atoms with van der Waals surface area (Å²) < 4.78 is 35.3. The maximum Gasteiger partial charge on any atom is 0.339 e. The number of nitrogens with zero attached hydrogens (tertiary/aromatic N) is 2. The first-order valence-electron chi connectivity index (χ1n) is 10.5. The Hall–Kier alpha value is -2.58. The zero-order valence-corrected chi connectivity index (χ0v) is 20.6. The third kappa shape index (κ3) is 8.16. The molecule has 2 aromatic carbocycles. The molecule has 176 valence electrons. The van der Waals surface area contributed by atoms with E-state index in [0.29, 0.717) is 25.3 Å². The minimum absolute atomic E-state index is 0.0463. The molecule has 0 aliphatic heterocycles. The van der Waals surface area contributed by atoms with Crippen molar-refractivity contribution in [1.29, 1.82) is 0 Å². The standard InChI is InChI=1S/C24H34N2O5S/c1-24(2,3)17-23(27)26(16-15-25(4)5)18-19-7-9-21(10-8-19)31-32(28,29)22-13-11-20(30-6)12-14-22/h7-14H,15-18H2,1-6H3. The van der Waals surface area contributed by atoms with Crippen molar-refractivity contribution in [3.63, 3.8) is 0 Å². The topological polar surface area (TPSA) is 76.2 Å². The van der Waals surface area contributed by atoms with Crippen molar-refractivity contribution >= 4 is 16.0 Å². The molecule has 32 heavy (non-hydrogen) atoms. The van der Waals surface area contributed by atoms with Crippen LogP contribution in [0.5, 0.6) is 11.5 Å². The maximum absolute atomic E-state index is 12.8. The summed E-state index contributed by atoms with van der Waals surface area (Å²) in [6.45, 7) is 7.97. The molecule has 0 atom stereocenters. The molecule has 8 heteroatoms. The van der Waals surface area contributed by atoms with E-state index < -0.39 is 10.1 Å². The largest absolute Gasteiger partial charge is 0.497 e. The molecule has 0 spiro atoms. The molecule has 0 radical (unpaired) electrons. The van der Waals surface area contributed by atoms with Crippen LogP contribution in [0.2, 0.25) is 0 Å². The lowest BCUT2D eigenvalue weighted by atomic mass is 9.91. The van der Waals surface area contributed by atoms with Gasteiger partial charge in [0, 0.05) is 26.1 Å². The summed E-state index contributed by atoms with van der Waals surface area (Å²) in [6, 6.07) is 12.8. The molecule has 2 aromatic rings. The Morgan fingerprint density at radius 1 is 0.906 bits per heavy atom. The quantitative estimate of drug-likeness (QED) is 0.500. The normalized spacial score (nSPS) is 12.0. The van der Waals surface area contributed by atoms with Gasteiger partial charge in [-0.2, -0.15) is 8.42 Å². The van der Waals surface area contributed by atoms with Crippen LogP contribution in [0.3, 0.4) is 0 Å². The van der Waals surface area contributed by atoms with Crippen LogP contribution < -0.4 is 8.92 Å². The summed E-state index contributed by atoms with van der Waals surface area (Å²) in [5.74, 6) is 0.875. The first-order valence-corrected chi connectivity index (χ1v) is 11.9. The second-order valence-electron chi connectivity index (χ2n) is 9.21. The van der Waals surface area contributed by atoms with E-state index in [0.717, 1.165) is 12.1 Å². The third-order valence-electron chi connectivity index (χ3n) is 4.70. The average molecular weight is 463 g/mol. The number of amides is 1. The predicted octanol–water partition coefficient (Wildman–Crippen LogP) is 3.79. The van der Waals surface area contributed by atoms with Gasteiger partial charge in [0.2, 0.25) is 5.91 Å². The zero-order chi connectivity index (χ0) is 23.9. The van der Waals surface area contributed by atoms with E-state index in [2.05, 4.69) is 0 Å². The maximum atomic E-state index is 12.8. The summed E-state index contributed by atoms with van der Waals surface area (Å²) in [5.41, 5.74) is 0.807. The molecule has 0 aromatic heterocycles. The highest BCUT2D eigenvalue weighted by atomic mass is 32.2. The Labute approximate surface area is 192 Å². The summed E-state index contributed by atoms with van der Waals surface area (Å²) in [6.07, 6.45) is 0.460. The van der Waals surface area contributed by atoms with Gasteiger partial charge in [-0.3, -0.25) is 4.79 Å². The Morgan fingerprint density at radius 3 is 1.97 bits per heavy atom. The number of hydrogen-bond donors (Lipinski definition) is 0. The highest BCUT2D eigenvalue weighted by Crippen LogP contribution is 2.23. The highest BCUT2D eigenvalue weighted by molar-refractivity contribution is 7.87. The fourth-order valence-corrected chi connectivity index (χ4v) is 3.90. The predicted molar refractivity (Wildman–Crippen MR) is 125 cm³/mol. The lowest BCUT2D eigenvalue weighted by Gasteiger charge is -2.28. The van der Waals surface area contributed by atoms with Crippen LogP contribution in [0.1, 0.15) is 32.8 Å². The Bertz CT molecular complexity index is 979. The second kappa shape index (κ2) is 10.8. The number of hydrogen-bond acceptors (Lipinski definition) is 6. The van der Waals surface area contributed by atoms with Gasteiger partial charge >= 0.3 is 10.1 Å².